The second-order valence-corrected chi connectivity index (χ2v) is 4.13. The molecule has 0 spiro atoms. The Bertz CT molecular complexity index is 238. The van der Waals surface area contributed by atoms with Gasteiger partial charge in [-0.15, -0.1) is 0 Å². The zero-order valence-electron chi connectivity index (χ0n) is 7.71. The van der Waals surface area contributed by atoms with E-state index in [1.807, 2.05) is 30.3 Å². The standard InChI is InChI=1S/C10H14ClN/c1-10(2,3)12(11)9-7-5-4-6-8-9/h4-8H,1-3H3. The Balaban J connectivity index is 2.86. The van der Waals surface area contributed by atoms with Crippen molar-refractivity contribution >= 4 is 17.5 Å². The van der Waals surface area contributed by atoms with Gasteiger partial charge in [-0.05, 0) is 32.9 Å². The van der Waals surface area contributed by atoms with Crippen molar-refractivity contribution in [3.8, 4) is 0 Å². The van der Waals surface area contributed by atoms with Crippen molar-refractivity contribution in [2.45, 2.75) is 26.3 Å². The third-order valence-electron chi connectivity index (χ3n) is 1.57. The van der Waals surface area contributed by atoms with Crippen LogP contribution in [0.15, 0.2) is 30.3 Å². The molecule has 0 amide bonds. The SMILES string of the molecule is CC(C)(C)N(Cl)c1ccccc1. The van der Waals surface area contributed by atoms with E-state index >= 15 is 0 Å². The Kier molecular flexibility index (Phi) is 2.63. The summed E-state index contributed by atoms with van der Waals surface area (Å²) in [4.78, 5) is 0. The predicted molar refractivity (Wildman–Crippen MR) is 54.5 cm³/mol. The largest absolute Gasteiger partial charge is 0.280 e. The molecular weight excluding hydrogens is 170 g/mol. The van der Waals surface area contributed by atoms with Crippen LogP contribution in [0.5, 0.6) is 0 Å². The summed E-state index contributed by atoms with van der Waals surface area (Å²) in [5.41, 5.74) is 0.995. The van der Waals surface area contributed by atoms with Crippen molar-refractivity contribution in [1.29, 1.82) is 0 Å². The summed E-state index contributed by atoms with van der Waals surface area (Å²) in [6, 6.07) is 9.94. The third-order valence-corrected chi connectivity index (χ3v) is 2.27. The van der Waals surface area contributed by atoms with E-state index in [-0.39, 0.29) is 5.54 Å². The molecule has 0 aliphatic carbocycles. The molecule has 1 rings (SSSR count). The van der Waals surface area contributed by atoms with Gasteiger partial charge in [0.25, 0.3) is 0 Å². The first-order valence-electron chi connectivity index (χ1n) is 4.03. The molecular formula is C10H14ClN. The van der Waals surface area contributed by atoms with Gasteiger partial charge in [-0.1, -0.05) is 18.2 Å². The molecule has 1 aromatic carbocycles. The molecule has 0 N–H and O–H groups in total. The number of anilines is 1. The van der Waals surface area contributed by atoms with Gasteiger partial charge in [0.05, 0.1) is 5.69 Å². The maximum absolute atomic E-state index is 6.12. The highest BCUT2D eigenvalue weighted by atomic mass is 35.5. The summed E-state index contributed by atoms with van der Waals surface area (Å²) in [6.45, 7) is 6.23. The maximum Gasteiger partial charge on any atom is 0.0529 e. The zero-order valence-corrected chi connectivity index (χ0v) is 8.47. The minimum absolute atomic E-state index is 0.0388. The van der Waals surface area contributed by atoms with E-state index in [2.05, 4.69) is 20.8 Å². The Morgan fingerprint density at radius 3 is 2.00 bits per heavy atom. The number of benzene rings is 1. The lowest BCUT2D eigenvalue weighted by Crippen LogP contribution is -2.33. The zero-order chi connectivity index (χ0) is 9.19. The molecule has 0 radical (unpaired) electrons. The predicted octanol–water partition coefficient (Wildman–Crippen LogP) is 3.45. The van der Waals surface area contributed by atoms with Gasteiger partial charge in [0, 0.05) is 17.3 Å². The van der Waals surface area contributed by atoms with Crippen LogP contribution >= 0.6 is 11.8 Å². The first-order valence-corrected chi connectivity index (χ1v) is 4.36. The van der Waals surface area contributed by atoms with Crippen molar-refractivity contribution < 1.29 is 0 Å². The molecule has 0 atom stereocenters. The van der Waals surface area contributed by atoms with Gasteiger partial charge in [-0.25, -0.2) is 0 Å². The second-order valence-electron chi connectivity index (χ2n) is 3.79. The minimum atomic E-state index is -0.0388. The second kappa shape index (κ2) is 3.36. The highest BCUT2D eigenvalue weighted by molar-refractivity contribution is 6.26. The lowest BCUT2D eigenvalue weighted by atomic mass is 10.1. The summed E-state index contributed by atoms with van der Waals surface area (Å²) in [5, 5.41) is 0. The normalized spacial score (nSPS) is 11.3. The first kappa shape index (κ1) is 9.40. The van der Waals surface area contributed by atoms with Gasteiger partial charge >= 0.3 is 0 Å². The molecule has 0 saturated heterocycles. The lowest BCUT2D eigenvalue weighted by Gasteiger charge is -2.30. The Labute approximate surface area is 79.1 Å². The van der Waals surface area contributed by atoms with Gasteiger partial charge < -0.3 is 0 Å². The van der Waals surface area contributed by atoms with Crippen LogP contribution in [0.4, 0.5) is 5.69 Å². The number of hydrogen-bond acceptors (Lipinski definition) is 1. The topological polar surface area (TPSA) is 3.24 Å². The molecule has 0 bridgehead atoms. The van der Waals surface area contributed by atoms with Gasteiger partial charge in [0.2, 0.25) is 0 Å². The fourth-order valence-corrected chi connectivity index (χ4v) is 1.06. The monoisotopic (exact) mass is 183 g/mol. The lowest BCUT2D eigenvalue weighted by molar-refractivity contribution is 0.584. The minimum Gasteiger partial charge on any atom is -0.280 e. The molecule has 0 aliphatic heterocycles. The molecule has 0 heterocycles. The van der Waals surface area contributed by atoms with E-state index in [4.69, 9.17) is 11.8 Å². The molecule has 0 aliphatic rings. The number of nitrogens with zero attached hydrogens (tertiary/aromatic N) is 1. The number of rotatable bonds is 1. The van der Waals surface area contributed by atoms with E-state index in [0.29, 0.717) is 0 Å². The van der Waals surface area contributed by atoms with E-state index in [1.165, 1.54) is 0 Å². The molecule has 66 valence electrons. The summed E-state index contributed by atoms with van der Waals surface area (Å²) in [7, 11) is 0. The Morgan fingerprint density at radius 2 is 1.58 bits per heavy atom. The van der Waals surface area contributed by atoms with Crippen LogP contribution in [-0.2, 0) is 0 Å². The molecule has 2 heteroatoms. The van der Waals surface area contributed by atoms with Crippen molar-refractivity contribution in [2.24, 2.45) is 0 Å². The van der Waals surface area contributed by atoms with Crippen LogP contribution < -0.4 is 4.42 Å². The van der Waals surface area contributed by atoms with Gasteiger partial charge in [-0.2, -0.15) is 0 Å². The average molecular weight is 184 g/mol. The summed E-state index contributed by atoms with van der Waals surface area (Å²) >= 11 is 6.12. The molecule has 0 unspecified atom stereocenters. The van der Waals surface area contributed by atoms with Crippen LogP contribution in [0.25, 0.3) is 0 Å². The maximum atomic E-state index is 6.12. The summed E-state index contributed by atoms with van der Waals surface area (Å²) in [5.74, 6) is 0. The van der Waals surface area contributed by atoms with Gasteiger partial charge in [0.15, 0.2) is 0 Å². The number of hydrogen-bond donors (Lipinski definition) is 0. The molecule has 1 nitrogen and oxygen atoms in total. The van der Waals surface area contributed by atoms with Gasteiger partial charge in [0.1, 0.15) is 0 Å². The summed E-state index contributed by atoms with van der Waals surface area (Å²) in [6.07, 6.45) is 0. The van der Waals surface area contributed by atoms with Crippen molar-refractivity contribution in [2.75, 3.05) is 4.42 Å². The van der Waals surface area contributed by atoms with Crippen LogP contribution in [0, 0.1) is 0 Å². The molecule has 0 saturated carbocycles. The summed E-state index contributed by atoms with van der Waals surface area (Å²) < 4.78 is 1.74. The van der Waals surface area contributed by atoms with Crippen LogP contribution in [0.3, 0.4) is 0 Å². The fourth-order valence-electron chi connectivity index (χ4n) is 0.946. The Hall–Kier alpha value is -0.690. The first-order chi connectivity index (χ1) is 5.52. The van der Waals surface area contributed by atoms with E-state index in [1.54, 1.807) is 4.42 Å². The third kappa shape index (κ3) is 2.15. The van der Waals surface area contributed by atoms with E-state index in [0.717, 1.165) is 5.69 Å². The van der Waals surface area contributed by atoms with E-state index in [9.17, 15) is 0 Å². The average Bonchev–Trinajstić information content (AvgIpc) is 2.03. The smallest absolute Gasteiger partial charge is 0.0529 e. The quantitative estimate of drug-likeness (QED) is 0.603. The van der Waals surface area contributed by atoms with Crippen molar-refractivity contribution in [3.63, 3.8) is 0 Å². The van der Waals surface area contributed by atoms with Crippen LogP contribution in [-0.4, -0.2) is 5.54 Å². The molecule has 0 aromatic heterocycles. The highest BCUT2D eigenvalue weighted by Gasteiger charge is 2.19. The number of para-hydroxylation sites is 1. The van der Waals surface area contributed by atoms with Crippen LogP contribution in [0.1, 0.15) is 20.8 Å². The van der Waals surface area contributed by atoms with Gasteiger partial charge in [-0.3, -0.25) is 4.42 Å². The van der Waals surface area contributed by atoms with E-state index < -0.39 is 0 Å². The Morgan fingerprint density at radius 1 is 1.08 bits per heavy atom. The molecule has 0 fully saturated rings. The number of halogens is 1. The fraction of sp³-hybridized carbons (Fsp3) is 0.400. The molecule has 1 aromatic rings. The van der Waals surface area contributed by atoms with Crippen molar-refractivity contribution in [3.05, 3.63) is 30.3 Å². The molecule has 12 heavy (non-hydrogen) atoms. The van der Waals surface area contributed by atoms with Crippen LogP contribution in [0.2, 0.25) is 0 Å². The van der Waals surface area contributed by atoms with Crippen molar-refractivity contribution in [1.82, 2.24) is 0 Å². The highest BCUT2D eigenvalue weighted by Crippen LogP contribution is 2.25.